The van der Waals surface area contributed by atoms with Gasteiger partial charge in [-0.2, -0.15) is 0 Å². The highest BCUT2D eigenvalue weighted by Crippen LogP contribution is 2.21. The van der Waals surface area contributed by atoms with Gasteiger partial charge in [-0.05, 0) is 26.8 Å². The van der Waals surface area contributed by atoms with Crippen LogP contribution in [-0.4, -0.2) is 21.1 Å². The predicted molar refractivity (Wildman–Crippen MR) is 70.0 cm³/mol. The van der Waals surface area contributed by atoms with Gasteiger partial charge in [-0.25, -0.2) is 9.97 Å². The molecule has 2 heterocycles. The summed E-state index contributed by atoms with van der Waals surface area (Å²) in [5, 5.41) is 6.70. The van der Waals surface area contributed by atoms with Gasteiger partial charge in [0.25, 0.3) is 0 Å². The largest absolute Gasteiger partial charge is 0.337 e. The molecule has 0 fully saturated rings. The number of aromatic nitrogens is 3. The first-order valence-corrected chi connectivity index (χ1v) is 6.67. The Morgan fingerprint density at radius 2 is 2.29 bits per heavy atom. The lowest BCUT2D eigenvalue weighted by Gasteiger charge is -2.23. The van der Waals surface area contributed by atoms with Crippen LogP contribution in [-0.2, 0) is 12.1 Å². The molecule has 2 rings (SSSR count). The number of hydrogen-bond donors (Lipinski definition) is 1. The zero-order valence-electron chi connectivity index (χ0n) is 10.3. The van der Waals surface area contributed by atoms with Gasteiger partial charge in [0.15, 0.2) is 0 Å². The molecular weight excluding hydrogens is 232 g/mol. The third-order valence-electron chi connectivity index (χ3n) is 2.69. The Balaban J connectivity index is 1.75. The van der Waals surface area contributed by atoms with E-state index in [0.717, 1.165) is 24.5 Å². The van der Waals surface area contributed by atoms with E-state index >= 15 is 0 Å². The fraction of sp³-hybridized carbons (Fsp3) is 0.500. The van der Waals surface area contributed by atoms with E-state index in [4.69, 9.17) is 0 Å². The highest BCUT2D eigenvalue weighted by Gasteiger charge is 2.21. The minimum atomic E-state index is -0.0386. The van der Waals surface area contributed by atoms with Crippen molar-refractivity contribution >= 4 is 11.3 Å². The third kappa shape index (κ3) is 3.38. The van der Waals surface area contributed by atoms with Crippen LogP contribution in [0.4, 0.5) is 0 Å². The van der Waals surface area contributed by atoms with Gasteiger partial charge in [-0.15, -0.1) is 11.3 Å². The molecule has 0 aliphatic heterocycles. The van der Waals surface area contributed by atoms with Crippen molar-refractivity contribution in [3.63, 3.8) is 0 Å². The average Bonchev–Trinajstić information content (AvgIpc) is 2.97. The zero-order chi connectivity index (χ0) is 12.1. The molecule has 0 unspecified atom stereocenters. The van der Waals surface area contributed by atoms with E-state index in [1.54, 1.807) is 11.3 Å². The van der Waals surface area contributed by atoms with Crippen molar-refractivity contribution in [1.82, 2.24) is 19.9 Å². The fourth-order valence-electron chi connectivity index (χ4n) is 1.69. The van der Waals surface area contributed by atoms with E-state index in [9.17, 15) is 0 Å². The van der Waals surface area contributed by atoms with E-state index in [-0.39, 0.29) is 5.54 Å². The summed E-state index contributed by atoms with van der Waals surface area (Å²) < 4.78 is 2.10. The first-order valence-electron chi connectivity index (χ1n) is 5.79. The van der Waals surface area contributed by atoms with Crippen LogP contribution < -0.4 is 5.32 Å². The minimum absolute atomic E-state index is 0.0386. The molecule has 0 bridgehead atoms. The van der Waals surface area contributed by atoms with Crippen molar-refractivity contribution < 1.29 is 0 Å². The van der Waals surface area contributed by atoms with Crippen LogP contribution in [0.2, 0.25) is 0 Å². The monoisotopic (exact) mass is 250 g/mol. The Labute approximate surface area is 106 Å². The van der Waals surface area contributed by atoms with Gasteiger partial charge in [0.05, 0.1) is 11.9 Å². The summed E-state index contributed by atoms with van der Waals surface area (Å²) in [5.41, 5.74) is -0.0386. The maximum Gasteiger partial charge on any atom is 0.112 e. The zero-order valence-corrected chi connectivity index (χ0v) is 11.1. The summed E-state index contributed by atoms with van der Waals surface area (Å²) in [6.45, 7) is 6.32. The van der Waals surface area contributed by atoms with Crippen LogP contribution in [0.1, 0.15) is 25.3 Å². The second kappa shape index (κ2) is 5.42. The molecule has 5 heteroatoms. The minimum Gasteiger partial charge on any atom is -0.337 e. The molecule has 0 atom stereocenters. The summed E-state index contributed by atoms with van der Waals surface area (Å²) in [6, 6.07) is 0. The molecule has 0 radical (unpaired) electrons. The predicted octanol–water partition coefficient (Wildman–Crippen LogP) is 2.25. The number of nitrogens with one attached hydrogen (secondary N) is 1. The third-order valence-corrected chi connectivity index (χ3v) is 3.78. The van der Waals surface area contributed by atoms with Crippen molar-refractivity contribution in [3.8, 4) is 0 Å². The lowest BCUT2D eigenvalue weighted by Crippen LogP contribution is -2.37. The van der Waals surface area contributed by atoms with Gasteiger partial charge in [0, 0.05) is 30.5 Å². The quantitative estimate of drug-likeness (QED) is 0.800. The maximum absolute atomic E-state index is 4.36. The number of rotatable bonds is 6. The maximum atomic E-state index is 4.36. The number of hydrogen-bond acceptors (Lipinski definition) is 4. The van der Waals surface area contributed by atoms with Crippen LogP contribution >= 0.6 is 11.3 Å². The van der Waals surface area contributed by atoms with Crippen LogP contribution in [0.25, 0.3) is 0 Å². The summed E-state index contributed by atoms with van der Waals surface area (Å²) in [7, 11) is 0. The Kier molecular flexibility index (Phi) is 3.91. The van der Waals surface area contributed by atoms with E-state index in [1.165, 1.54) is 0 Å². The summed E-state index contributed by atoms with van der Waals surface area (Å²) >= 11 is 1.70. The molecule has 4 nitrogen and oxygen atoms in total. The van der Waals surface area contributed by atoms with Crippen molar-refractivity contribution in [2.24, 2.45) is 0 Å². The molecule has 92 valence electrons. The Morgan fingerprint density at radius 3 is 2.94 bits per heavy atom. The summed E-state index contributed by atoms with van der Waals surface area (Å²) in [4.78, 5) is 8.38. The van der Waals surface area contributed by atoms with Gasteiger partial charge < -0.3 is 9.88 Å². The molecule has 17 heavy (non-hydrogen) atoms. The van der Waals surface area contributed by atoms with E-state index in [1.807, 2.05) is 30.3 Å². The van der Waals surface area contributed by atoms with Crippen molar-refractivity contribution in [1.29, 1.82) is 0 Å². The molecule has 0 aromatic carbocycles. The van der Waals surface area contributed by atoms with Crippen LogP contribution in [0.5, 0.6) is 0 Å². The Hall–Kier alpha value is -1.20. The summed E-state index contributed by atoms with van der Waals surface area (Å²) in [5.74, 6) is 0. The van der Waals surface area contributed by atoms with E-state index in [0.29, 0.717) is 0 Å². The Morgan fingerprint density at radius 1 is 1.41 bits per heavy atom. The van der Waals surface area contributed by atoms with Crippen molar-refractivity contribution in [2.75, 3.05) is 6.54 Å². The summed E-state index contributed by atoms with van der Waals surface area (Å²) in [6.07, 6.45) is 8.60. The SMILES string of the molecule is CC(C)(NCCCn1ccnc1)c1nccs1. The first kappa shape index (κ1) is 12.3. The Bertz CT molecular complexity index is 419. The number of imidazole rings is 1. The normalized spacial score (nSPS) is 11.9. The molecule has 0 amide bonds. The van der Waals surface area contributed by atoms with E-state index < -0.39 is 0 Å². The molecule has 1 N–H and O–H groups in total. The van der Waals surface area contributed by atoms with E-state index in [2.05, 4.69) is 33.7 Å². The highest BCUT2D eigenvalue weighted by atomic mass is 32.1. The smallest absolute Gasteiger partial charge is 0.112 e. The highest BCUT2D eigenvalue weighted by molar-refractivity contribution is 7.09. The molecule has 0 saturated carbocycles. The van der Waals surface area contributed by atoms with Crippen molar-refractivity contribution in [3.05, 3.63) is 35.3 Å². The molecule has 0 saturated heterocycles. The van der Waals surface area contributed by atoms with Crippen molar-refractivity contribution in [2.45, 2.75) is 32.4 Å². The molecule has 2 aromatic heterocycles. The van der Waals surface area contributed by atoms with Gasteiger partial charge in [0.1, 0.15) is 5.01 Å². The molecule has 0 aliphatic carbocycles. The topological polar surface area (TPSA) is 42.7 Å². The fourth-order valence-corrected chi connectivity index (χ4v) is 2.43. The average molecular weight is 250 g/mol. The first-order chi connectivity index (χ1) is 8.18. The molecule has 0 aliphatic rings. The second-order valence-corrected chi connectivity index (χ2v) is 5.44. The van der Waals surface area contributed by atoms with Gasteiger partial charge in [-0.1, -0.05) is 0 Å². The van der Waals surface area contributed by atoms with Gasteiger partial charge in [0.2, 0.25) is 0 Å². The number of aryl methyl sites for hydroxylation is 1. The standard InChI is InChI=1S/C12H18N4S/c1-12(2,11-14-6-9-17-11)15-4-3-7-16-8-5-13-10-16/h5-6,8-10,15H,3-4,7H2,1-2H3. The second-order valence-electron chi connectivity index (χ2n) is 4.54. The molecular formula is C12H18N4S. The lowest BCUT2D eigenvalue weighted by molar-refractivity contribution is 0.391. The number of nitrogens with zero attached hydrogens (tertiary/aromatic N) is 3. The lowest BCUT2D eigenvalue weighted by atomic mass is 10.1. The van der Waals surface area contributed by atoms with Gasteiger partial charge in [-0.3, -0.25) is 0 Å². The van der Waals surface area contributed by atoms with Gasteiger partial charge >= 0.3 is 0 Å². The molecule has 0 spiro atoms. The number of thiazole rings is 1. The van der Waals surface area contributed by atoms with Crippen LogP contribution in [0.15, 0.2) is 30.3 Å². The molecule has 2 aromatic rings. The van der Waals surface area contributed by atoms with Crippen LogP contribution in [0.3, 0.4) is 0 Å². The van der Waals surface area contributed by atoms with Crippen LogP contribution in [0, 0.1) is 0 Å².